The van der Waals surface area contributed by atoms with Crippen LogP contribution in [0.3, 0.4) is 0 Å². The summed E-state index contributed by atoms with van der Waals surface area (Å²) in [5.74, 6) is 0.588. The van der Waals surface area contributed by atoms with Crippen molar-refractivity contribution in [2.45, 2.75) is 32.2 Å². The van der Waals surface area contributed by atoms with E-state index in [-0.39, 0.29) is 5.91 Å². The lowest BCUT2D eigenvalue weighted by atomic mass is 10.1. The minimum atomic E-state index is -0.461. The van der Waals surface area contributed by atoms with E-state index in [9.17, 15) is 4.79 Å². The van der Waals surface area contributed by atoms with Gasteiger partial charge in [0.25, 0.3) is 0 Å². The molecule has 128 valence electrons. The minimum absolute atomic E-state index is 0.103. The number of aromatic nitrogens is 3. The molecule has 1 aliphatic carbocycles. The topological polar surface area (TPSA) is 62.7 Å². The molecule has 0 saturated heterocycles. The summed E-state index contributed by atoms with van der Waals surface area (Å²) in [4.78, 5) is 13.7. The Bertz CT molecular complexity index is 971. The molecule has 7 heteroatoms. The normalized spacial score (nSPS) is 14.3. The van der Waals surface area contributed by atoms with Gasteiger partial charge in [-0.3, -0.25) is 14.5 Å². The lowest BCUT2D eigenvalue weighted by molar-refractivity contribution is -0.118. The van der Waals surface area contributed by atoms with E-state index in [4.69, 9.17) is 12.2 Å². The fourth-order valence-electron chi connectivity index (χ4n) is 3.26. The maximum absolute atomic E-state index is 12.8. The Kier molecular flexibility index (Phi) is 4.27. The molecule has 2 aromatic heterocycles. The highest BCUT2D eigenvalue weighted by Crippen LogP contribution is 2.27. The highest BCUT2D eigenvalue weighted by molar-refractivity contribution is 7.71. The van der Waals surface area contributed by atoms with E-state index in [1.807, 2.05) is 30.5 Å². The number of benzene rings is 1. The van der Waals surface area contributed by atoms with Crippen molar-refractivity contribution in [3.05, 3.63) is 51.6 Å². The molecule has 0 radical (unpaired) electrons. The number of hydrogen-bond acceptors (Lipinski definition) is 4. The van der Waals surface area contributed by atoms with Crippen LogP contribution >= 0.6 is 23.6 Å². The molecule has 0 spiro atoms. The predicted molar refractivity (Wildman–Crippen MR) is 103 cm³/mol. The Labute approximate surface area is 154 Å². The van der Waals surface area contributed by atoms with Crippen LogP contribution in [0.1, 0.15) is 30.5 Å². The molecule has 25 heavy (non-hydrogen) atoms. The molecule has 1 aromatic carbocycles. The summed E-state index contributed by atoms with van der Waals surface area (Å²) in [6.45, 7) is 1.84. The highest BCUT2D eigenvalue weighted by Gasteiger charge is 2.22. The summed E-state index contributed by atoms with van der Waals surface area (Å²) < 4.78 is 2.21. The SMILES string of the molecule is C[C@@H](C(=O)Nc1ccc2c(c1)CCC2)n1c(-c2cccs2)n[nH]c1=S. The number of aryl methyl sites for hydroxylation is 2. The summed E-state index contributed by atoms with van der Waals surface area (Å²) in [5.41, 5.74) is 3.57. The van der Waals surface area contributed by atoms with Crippen LogP contribution in [0.2, 0.25) is 0 Å². The Balaban J connectivity index is 1.59. The number of amides is 1. The second kappa shape index (κ2) is 6.57. The molecule has 0 saturated carbocycles. The summed E-state index contributed by atoms with van der Waals surface area (Å²) in [6.07, 6.45) is 3.41. The van der Waals surface area contributed by atoms with E-state index in [0.29, 0.717) is 10.6 Å². The van der Waals surface area contributed by atoms with Crippen LogP contribution in [0, 0.1) is 4.77 Å². The first kappa shape index (κ1) is 16.2. The molecule has 3 aromatic rings. The van der Waals surface area contributed by atoms with Crippen molar-refractivity contribution in [3.8, 4) is 10.7 Å². The average Bonchev–Trinajstić information content (AvgIpc) is 3.33. The molecule has 0 unspecified atom stereocenters. The van der Waals surface area contributed by atoms with Crippen LogP contribution in [0.25, 0.3) is 10.7 Å². The molecule has 0 aliphatic heterocycles. The Hall–Kier alpha value is -2.25. The number of nitrogens with one attached hydrogen (secondary N) is 2. The predicted octanol–water partition coefficient (Wildman–Crippen LogP) is 4.36. The number of aromatic amines is 1. The second-order valence-corrected chi connectivity index (χ2v) is 7.54. The monoisotopic (exact) mass is 370 g/mol. The van der Waals surface area contributed by atoms with Crippen LogP contribution in [0.4, 0.5) is 5.69 Å². The lowest BCUT2D eigenvalue weighted by Crippen LogP contribution is -2.24. The number of carbonyl (C=O) groups excluding carboxylic acids is 1. The second-order valence-electron chi connectivity index (χ2n) is 6.20. The van der Waals surface area contributed by atoms with Crippen LogP contribution in [0.15, 0.2) is 35.7 Å². The zero-order valence-electron chi connectivity index (χ0n) is 13.8. The quantitative estimate of drug-likeness (QED) is 0.671. The Morgan fingerprint density at radius 1 is 1.36 bits per heavy atom. The van der Waals surface area contributed by atoms with Crippen molar-refractivity contribution in [2.75, 3.05) is 5.32 Å². The van der Waals surface area contributed by atoms with E-state index in [0.717, 1.165) is 23.4 Å². The van der Waals surface area contributed by atoms with Crippen molar-refractivity contribution in [1.29, 1.82) is 0 Å². The first-order valence-electron chi connectivity index (χ1n) is 8.27. The van der Waals surface area contributed by atoms with Crippen LogP contribution in [-0.2, 0) is 17.6 Å². The third kappa shape index (κ3) is 3.05. The number of hydrogen-bond donors (Lipinski definition) is 2. The van der Waals surface area contributed by atoms with Gasteiger partial charge in [0.1, 0.15) is 6.04 Å². The fraction of sp³-hybridized carbons (Fsp3) is 0.278. The molecule has 0 fully saturated rings. The van der Waals surface area contributed by atoms with Crippen LogP contribution in [-0.4, -0.2) is 20.7 Å². The molecule has 4 rings (SSSR count). The number of fused-ring (bicyclic) bond motifs is 1. The van der Waals surface area contributed by atoms with Crippen molar-refractivity contribution in [3.63, 3.8) is 0 Å². The molecule has 2 heterocycles. The lowest BCUT2D eigenvalue weighted by Gasteiger charge is -2.15. The number of rotatable bonds is 4. The number of carbonyl (C=O) groups is 1. The average molecular weight is 371 g/mol. The van der Waals surface area contributed by atoms with Crippen molar-refractivity contribution >= 4 is 35.1 Å². The van der Waals surface area contributed by atoms with Crippen molar-refractivity contribution in [2.24, 2.45) is 0 Å². The number of anilines is 1. The maximum Gasteiger partial charge on any atom is 0.247 e. The molecule has 5 nitrogen and oxygen atoms in total. The standard InChI is InChI=1S/C18H18N4OS2/c1-11(22-16(20-21-18(22)24)15-6-3-9-25-15)17(23)19-14-8-7-12-4-2-5-13(12)10-14/h3,6-11H,2,4-5H2,1H3,(H,19,23)(H,21,24)/t11-/m0/s1. The molecule has 1 atom stereocenters. The van der Waals surface area contributed by atoms with Gasteiger partial charge in [-0.2, -0.15) is 5.10 Å². The Morgan fingerprint density at radius 3 is 3.00 bits per heavy atom. The van der Waals surface area contributed by atoms with E-state index >= 15 is 0 Å². The van der Waals surface area contributed by atoms with Gasteiger partial charge in [-0.1, -0.05) is 12.1 Å². The van der Waals surface area contributed by atoms with E-state index in [1.165, 1.54) is 17.5 Å². The first-order valence-corrected chi connectivity index (χ1v) is 9.56. The molecular formula is C18H18N4OS2. The third-order valence-corrected chi connectivity index (χ3v) is 5.73. The highest BCUT2D eigenvalue weighted by atomic mass is 32.1. The van der Waals surface area contributed by atoms with Gasteiger partial charge in [0.05, 0.1) is 4.88 Å². The maximum atomic E-state index is 12.8. The van der Waals surface area contributed by atoms with Gasteiger partial charge < -0.3 is 5.32 Å². The number of nitrogens with zero attached hydrogens (tertiary/aromatic N) is 2. The third-order valence-electron chi connectivity index (χ3n) is 4.58. The van der Waals surface area contributed by atoms with Crippen molar-refractivity contribution in [1.82, 2.24) is 14.8 Å². The summed E-state index contributed by atoms with van der Waals surface area (Å²) >= 11 is 6.91. The molecule has 2 N–H and O–H groups in total. The first-order chi connectivity index (χ1) is 12.1. The largest absolute Gasteiger partial charge is 0.324 e. The van der Waals surface area contributed by atoms with Gasteiger partial charge in [-0.05, 0) is 73.1 Å². The van der Waals surface area contributed by atoms with Gasteiger partial charge in [-0.25, -0.2) is 0 Å². The van der Waals surface area contributed by atoms with E-state index in [1.54, 1.807) is 15.9 Å². The summed E-state index contributed by atoms with van der Waals surface area (Å²) in [5, 5.41) is 12.1. The zero-order chi connectivity index (χ0) is 17.4. The van der Waals surface area contributed by atoms with Gasteiger partial charge in [-0.15, -0.1) is 11.3 Å². The van der Waals surface area contributed by atoms with Gasteiger partial charge in [0.2, 0.25) is 5.91 Å². The summed E-state index contributed by atoms with van der Waals surface area (Å²) in [6, 6.07) is 9.64. The number of thiophene rings is 1. The van der Waals surface area contributed by atoms with E-state index in [2.05, 4.69) is 27.6 Å². The molecule has 0 bridgehead atoms. The Morgan fingerprint density at radius 2 is 2.20 bits per heavy atom. The van der Waals surface area contributed by atoms with Crippen LogP contribution in [0.5, 0.6) is 0 Å². The fourth-order valence-corrected chi connectivity index (χ4v) is 4.26. The van der Waals surface area contributed by atoms with Crippen molar-refractivity contribution < 1.29 is 4.79 Å². The molecule has 1 aliphatic rings. The smallest absolute Gasteiger partial charge is 0.247 e. The van der Waals surface area contributed by atoms with Gasteiger partial charge >= 0.3 is 0 Å². The summed E-state index contributed by atoms with van der Waals surface area (Å²) in [7, 11) is 0. The molecular weight excluding hydrogens is 352 g/mol. The zero-order valence-corrected chi connectivity index (χ0v) is 15.4. The number of H-pyrrole nitrogens is 1. The minimum Gasteiger partial charge on any atom is -0.324 e. The van der Waals surface area contributed by atoms with Crippen LogP contribution < -0.4 is 5.32 Å². The molecule has 1 amide bonds. The van der Waals surface area contributed by atoms with Gasteiger partial charge in [0.15, 0.2) is 10.6 Å². The van der Waals surface area contributed by atoms with E-state index < -0.39 is 6.04 Å². The van der Waals surface area contributed by atoms with Gasteiger partial charge in [0, 0.05) is 5.69 Å².